The molecular weight excluding hydrogens is 312 g/mol. The van der Waals surface area contributed by atoms with Crippen LogP contribution in [0.15, 0.2) is 60.9 Å². The normalized spacial score (nSPS) is 10.7. The first-order valence-corrected chi connectivity index (χ1v) is 7.69. The van der Waals surface area contributed by atoms with Crippen LogP contribution in [0.3, 0.4) is 0 Å². The summed E-state index contributed by atoms with van der Waals surface area (Å²) in [5.41, 5.74) is 1.68. The van der Waals surface area contributed by atoms with Gasteiger partial charge in [0.2, 0.25) is 5.91 Å². The standard InChI is InChI=1S/C18H15ClN2O2/c19-11-18(23)21(12-13-6-8-20-9-7-13)17-3-1-2-14-4-5-15(22)10-16(14)17/h1-10,22H,11-12H2. The minimum absolute atomic E-state index is 0.111. The number of amides is 1. The third-order valence-corrected chi connectivity index (χ3v) is 3.87. The highest BCUT2D eigenvalue weighted by Gasteiger charge is 2.17. The van der Waals surface area contributed by atoms with Gasteiger partial charge in [0.15, 0.2) is 0 Å². The van der Waals surface area contributed by atoms with Gasteiger partial charge in [0.1, 0.15) is 11.6 Å². The minimum Gasteiger partial charge on any atom is -0.508 e. The number of phenolic OH excluding ortho intramolecular Hbond substituents is 1. The highest BCUT2D eigenvalue weighted by atomic mass is 35.5. The Kier molecular flexibility index (Phi) is 4.44. The van der Waals surface area contributed by atoms with Crippen molar-refractivity contribution in [3.05, 3.63) is 66.5 Å². The number of halogens is 1. The van der Waals surface area contributed by atoms with E-state index in [2.05, 4.69) is 4.98 Å². The van der Waals surface area contributed by atoms with Crippen LogP contribution in [0.5, 0.6) is 5.75 Å². The van der Waals surface area contributed by atoms with Crippen molar-refractivity contribution < 1.29 is 9.90 Å². The molecule has 1 aromatic heterocycles. The lowest BCUT2D eigenvalue weighted by Gasteiger charge is -2.24. The van der Waals surface area contributed by atoms with E-state index in [1.54, 1.807) is 29.4 Å². The molecule has 2 aromatic carbocycles. The summed E-state index contributed by atoms with van der Waals surface area (Å²) in [6.45, 7) is 0.392. The van der Waals surface area contributed by atoms with Crippen LogP contribution in [-0.4, -0.2) is 21.9 Å². The number of carbonyl (C=O) groups is 1. The molecule has 0 atom stereocenters. The molecule has 4 nitrogen and oxygen atoms in total. The fraction of sp³-hybridized carbons (Fsp3) is 0.111. The number of anilines is 1. The highest BCUT2D eigenvalue weighted by Crippen LogP contribution is 2.31. The van der Waals surface area contributed by atoms with Gasteiger partial charge in [-0.1, -0.05) is 18.2 Å². The summed E-state index contributed by atoms with van der Waals surface area (Å²) in [6.07, 6.45) is 3.38. The predicted octanol–water partition coefficient (Wildman–Crippen LogP) is 3.71. The average molecular weight is 327 g/mol. The minimum atomic E-state index is -0.195. The number of phenols is 1. The molecular formula is C18H15ClN2O2. The molecule has 3 rings (SSSR count). The van der Waals surface area contributed by atoms with Crippen molar-refractivity contribution >= 4 is 34.0 Å². The molecule has 1 N–H and O–H groups in total. The van der Waals surface area contributed by atoms with Gasteiger partial charge >= 0.3 is 0 Å². The summed E-state index contributed by atoms with van der Waals surface area (Å²) in [6, 6.07) is 14.5. The zero-order valence-electron chi connectivity index (χ0n) is 12.3. The van der Waals surface area contributed by atoms with E-state index in [1.807, 2.05) is 36.4 Å². The largest absolute Gasteiger partial charge is 0.508 e. The molecule has 0 bridgehead atoms. The maximum atomic E-state index is 12.4. The monoisotopic (exact) mass is 326 g/mol. The molecule has 3 aromatic rings. The van der Waals surface area contributed by atoms with E-state index >= 15 is 0 Å². The fourth-order valence-electron chi connectivity index (χ4n) is 2.53. The summed E-state index contributed by atoms with van der Waals surface area (Å²) in [4.78, 5) is 18.0. The average Bonchev–Trinajstić information content (AvgIpc) is 2.59. The molecule has 1 heterocycles. The van der Waals surface area contributed by atoms with Gasteiger partial charge in [-0.05, 0) is 41.3 Å². The number of fused-ring (bicyclic) bond motifs is 1. The Morgan fingerprint density at radius 1 is 1.13 bits per heavy atom. The molecule has 0 radical (unpaired) electrons. The molecule has 0 spiro atoms. The zero-order valence-corrected chi connectivity index (χ0v) is 13.1. The molecule has 1 amide bonds. The summed E-state index contributed by atoms with van der Waals surface area (Å²) in [7, 11) is 0. The predicted molar refractivity (Wildman–Crippen MR) is 91.8 cm³/mol. The number of pyridine rings is 1. The lowest BCUT2D eigenvalue weighted by atomic mass is 10.1. The Morgan fingerprint density at radius 3 is 2.65 bits per heavy atom. The Labute approximate surface area is 139 Å². The number of aromatic nitrogens is 1. The van der Waals surface area contributed by atoms with Gasteiger partial charge in [0, 0.05) is 17.8 Å². The molecule has 0 fully saturated rings. The lowest BCUT2D eigenvalue weighted by molar-refractivity contribution is -0.116. The molecule has 5 heteroatoms. The topological polar surface area (TPSA) is 53.4 Å². The van der Waals surface area contributed by atoms with Crippen molar-refractivity contribution in [2.45, 2.75) is 6.54 Å². The maximum absolute atomic E-state index is 12.4. The van der Waals surface area contributed by atoms with Crippen LogP contribution in [0.25, 0.3) is 10.8 Å². The number of aromatic hydroxyl groups is 1. The van der Waals surface area contributed by atoms with E-state index in [4.69, 9.17) is 11.6 Å². The highest BCUT2D eigenvalue weighted by molar-refractivity contribution is 6.29. The third-order valence-electron chi connectivity index (χ3n) is 3.64. The third kappa shape index (κ3) is 3.27. The number of hydrogen-bond acceptors (Lipinski definition) is 3. The molecule has 0 unspecified atom stereocenters. The van der Waals surface area contributed by atoms with E-state index in [9.17, 15) is 9.90 Å². The van der Waals surface area contributed by atoms with Crippen LogP contribution in [0.4, 0.5) is 5.69 Å². The van der Waals surface area contributed by atoms with Crippen molar-refractivity contribution in [1.82, 2.24) is 4.98 Å². The van der Waals surface area contributed by atoms with Gasteiger partial charge in [-0.3, -0.25) is 9.78 Å². The SMILES string of the molecule is O=C(CCl)N(Cc1ccncc1)c1cccc2ccc(O)cc12. The molecule has 0 aliphatic heterocycles. The molecule has 0 aliphatic carbocycles. The van der Waals surface area contributed by atoms with Crippen LogP contribution >= 0.6 is 11.6 Å². The molecule has 23 heavy (non-hydrogen) atoms. The van der Waals surface area contributed by atoms with E-state index in [1.165, 1.54) is 0 Å². The van der Waals surface area contributed by atoms with Crippen molar-refractivity contribution in [1.29, 1.82) is 0 Å². The summed E-state index contributed by atoms with van der Waals surface area (Å²) in [5.74, 6) is -0.147. The number of carbonyl (C=O) groups excluding carboxylic acids is 1. The summed E-state index contributed by atoms with van der Waals surface area (Å²) in [5, 5.41) is 11.5. The van der Waals surface area contributed by atoms with Crippen molar-refractivity contribution in [2.24, 2.45) is 0 Å². The van der Waals surface area contributed by atoms with Gasteiger partial charge in [-0.15, -0.1) is 11.6 Å². The van der Waals surface area contributed by atoms with E-state index in [0.717, 1.165) is 22.0 Å². The Morgan fingerprint density at radius 2 is 1.91 bits per heavy atom. The van der Waals surface area contributed by atoms with Crippen molar-refractivity contribution in [2.75, 3.05) is 10.8 Å². The molecule has 0 saturated heterocycles. The zero-order chi connectivity index (χ0) is 16.2. The van der Waals surface area contributed by atoms with Crippen molar-refractivity contribution in [3.8, 4) is 5.75 Å². The number of nitrogens with zero attached hydrogens (tertiary/aromatic N) is 2. The number of alkyl halides is 1. The molecule has 0 aliphatic rings. The van der Waals surface area contributed by atoms with Gasteiger partial charge in [-0.25, -0.2) is 0 Å². The first kappa shape index (κ1) is 15.3. The second-order valence-electron chi connectivity index (χ2n) is 5.15. The Hall–Kier alpha value is -2.59. The van der Waals surface area contributed by atoms with Crippen LogP contribution in [0, 0.1) is 0 Å². The lowest BCUT2D eigenvalue weighted by Crippen LogP contribution is -2.31. The second kappa shape index (κ2) is 6.67. The van der Waals surface area contributed by atoms with Gasteiger partial charge in [0.05, 0.1) is 12.2 Å². The molecule has 0 saturated carbocycles. The second-order valence-corrected chi connectivity index (χ2v) is 5.42. The van der Waals surface area contributed by atoms with Crippen LogP contribution in [-0.2, 0) is 11.3 Å². The quantitative estimate of drug-likeness (QED) is 0.744. The number of benzene rings is 2. The smallest absolute Gasteiger partial charge is 0.242 e. The fourth-order valence-corrected chi connectivity index (χ4v) is 2.67. The van der Waals surface area contributed by atoms with Crippen LogP contribution < -0.4 is 4.90 Å². The number of rotatable bonds is 4. The van der Waals surface area contributed by atoms with Crippen LogP contribution in [0.1, 0.15) is 5.56 Å². The summed E-state index contributed by atoms with van der Waals surface area (Å²) < 4.78 is 0. The maximum Gasteiger partial charge on any atom is 0.242 e. The Balaban J connectivity index is 2.10. The van der Waals surface area contributed by atoms with Crippen LogP contribution in [0.2, 0.25) is 0 Å². The van der Waals surface area contributed by atoms with Gasteiger partial charge in [-0.2, -0.15) is 0 Å². The van der Waals surface area contributed by atoms with Gasteiger partial charge in [0.25, 0.3) is 0 Å². The summed E-state index contributed by atoms with van der Waals surface area (Å²) >= 11 is 5.79. The first-order chi connectivity index (χ1) is 11.2. The van der Waals surface area contributed by atoms with Gasteiger partial charge < -0.3 is 10.0 Å². The Bertz CT molecular complexity index is 837. The molecule has 116 valence electrons. The van der Waals surface area contributed by atoms with E-state index in [0.29, 0.717) is 6.54 Å². The first-order valence-electron chi connectivity index (χ1n) is 7.16. The van der Waals surface area contributed by atoms with Crippen molar-refractivity contribution in [3.63, 3.8) is 0 Å². The number of hydrogen-bond donors (Lipinski definition) is 1. The van der Waals surface area contributed by atoms with E-state index in [-0.39, 0.29) is 17.5 Å². The van der Waals surface area contributed by atoms with E-state index < -0.39 is 0 Å².